The highest BCUT2D eigenvalue weighted by Crippen LogP contribution is 2.48. The van der Waals surface area contributed by atoms with Crippen LogP contribution in [0.4, 0.5) is 0 Å². The van der Waals surface area contributed by atoms with E-state index >= 15 is 0 Å². The highest BCUT2D eigenvalue weighted by Gasteiger charge is 2.23. The van der Waals surface area contributed by atoms with Gasteiger partial charge in [-0.2, -0.15) is 0 Å². The summed E-state index contributed by atoms with van der Waals surface area (Å²) in [6.07, 6.45) is -0.199. The van der Waals surface area contributed by atoms with E-state index < -0.39 is 0 Å². The Morgan fingerprint density at radius 1 is 0.897 bits per heavy atom. The van der Waals surface area contributed by atoms with Crippen molar-refractivity contribution in [3.05, 3.63) is 72.8 Å². The molecule has 0 spiro atoms. The number of thiophene rings is 1. The van der Waals surface area contributed by atoms with Crippen molar-refractivity contribution >= 4 is 59.2 Å². The summed E-state index contributed by atoms with van der Waals surface area (Å²) in [6, 6.07) is 25.6. The third-order valence-corrected chi connectivity index (χ3v) is 7.53. The molecule has 0 radical (unpaired) electrons. The first kappa shape index (κ1) is 20.2. The Bertz CT molecular complexity index is 1090. The van der Waals surface area contributed by atoms with Crippen molar-refractivity contribution in [2.45, 2.75) is 23.9 Å². The number of carbonyl (C=O) groups excluding carboxylic acids is 1. The van der Waals surface area contributed by atoms with Crippen LogP contribution < -0.4 is 4.74 Å². The van der Waals surface area contributed by atoms with Crippen molar-refractivity contribution in [2.24, 2.45) is 0 Å². The molecule has 0 aliphatic rings. The van der Waals surface area contributed by atoms with Gasteiger partial charge >= 0.3 is 5.97 Å². The molecule has 1 aromatic heterocycles. The van der Waals surface area contributed by atoms with Crippen LogP contribution in [0.5, 0.6) is 5.75 Å². The van der Waals surface area contributed by atoms with E-state index in [9.17, 15) is 4.79 Å². The van der Waals surface area contributed by atoms with Gasteiger partial charge in [-0.1, -0.05) is 46.9 Å². The predicted octanol–water partition coefficient (Wildman–Crippen LogP) is 6.87. The topological polar surface area (TPSA) is 35.5 Å². The summed E-state index contributed by atoms with van der Waals surface area (Å²) in [5.41, 5.74) is 0. The van der Waals surface area contributed by atoms with E-state index in [4.69, 9.17) is 9.47 Å². The van der Waals surface area contributed by atoms with Crippen molar-refractivity contribution in [1.29, 1.82) is 0 Å². The fourth-order valence-corrected chi connectivity index (χ4v) is 5.90. The average molecular weight is 517 g/mol. The normalized spacial score (nSPS) is 13.3. The molecule has 2 atom stereocenters. The number of alkyl halides is 1. The second-order valence-corrected chi connectivity index (χ2v) is 10.8. The van der Waals surface area contributed by atoms with Gasteiger partial charge in [-0.3, -0.25) is 4.79 Å². The fourth-order valence-electron chi connectivity index (χ4n) is 3.34. The first-order valence-corrected chi connectivity index (χ1v) is 12.0. The van der Waals surface area contributed by atoms with Crippen LogP contribution >= 0.6 is 33.1 Å². The van der Waals surface area contributed by atoms with E-state index in [1.54, 1.807) is 0 Å². The minimum Gasteiger partial charge on any atom is -0.487 e. The van der Waals surface area contributed by atoms with Gasteiger partial charge in [0.15, 0.2) is 14.3 Å². The number of rotatable bonds is 6. The number of ether oxygens (including phenoxy) is 2. The van der Waals surface area contributed by atoms with Gasteiger partial charge in [0.1, 0.15) is 22.4 Å². The zero-order valence-corrected chi connectivity index (χ0v) is 19.3. The molecule has 1 heterocycles. The number of fused-ring (bicyclic) bond motifs is 3. The first-order valence-electron chi connectivity index (χ1n) is 9.55. The molecule has 2 unspecified atom stereocenters. The van der Waals surface area contributed by atoms with Gasteiger partial charge < -0.3 is 9.47 Å². The quantitative estimate of drug-likeness (QED) is 0.121. The summed E-state index contributed by atoms with van der Waals surface area (Å²) >= 11 is 2.05. The van der Waals surface area contributed by atoms with Crippen LogP contribution in [-0.2, 0) is 9.53 Å². The van der Waals surface area contributed by atoms with E-state index in [0.29, 0.717) is 0 Å². The predicted molar refractivity (Wildman–Crippen MR) is 130 cm³/mol. The molecule has 3 nitrogen and oxygen atoms in total. The zero-order valence-electron chi connectivity index (χ0n) is 16.3. The van der Waals surface area contributed by atoms with Crippen LogP contribution in [0.1, 0.15) is 13.8 Å². The molecule has 0 saturated carbocycles. The SMILES string of the molecule is CC(COC(=O)C(C)I)Oc1ccc(-[s+]2c3ccccc3c3ccccc32)cc1. The second kappa shape index (κ2) is 8.71. The lowest BCUT2D eigenvalue weighted by Crippen LogP contribution is -2.24. The molecular weight excluding hydrogens is 495 g/mol. The van der Waals surface area contributed by atoms with Crippen LogP contribution in [0.15, 0.2) is 72.8 Å². The van der Waals surface area contributed by atoms with Crippen molar-refractivity contribution < 1.29 is 14.3 Å². The standard InChI is InChI=1S/C24H22IO3S/c1-16(15-27-24(26)17(2)25)28-18-11-13-19(14-12-18)29-22-9-5-3-7-20(22)21-8-4-6-10-23(21)29/h3-14,16-17H,15H2,1-2H3/q+1. The van der Waals surface area contributed by atoms with Gasteiger partial charge in [0.05, 0.1) is 0 Å². The van der Waals surface area contributed by atoms with Gasteiger partial charge in [0.25, 0.3) is 0 Å². The molecule has 0 fully saturated rings. The molecule has 0 N–H and O–H groups in total. The maximum Gasteiger partial charge on any atom is 0.318 e. The Morgan fingerprint density at radius 3 is 2.00 bits per heavy atom. The number of hydrogen-bond acceptors (Lipinski definition) is 3. The highest BCUT2D eigenvalue weighted by molar-refractivity contribution is 14.1. The molecule has 29 heavy (non-hydrogen) atoms. The molecule has 5 heteroatoms. The summed E-state index contributed by atoms with van der Waals surface area (Å²) in [5, 5.41) is 2.65. The van der Waals surface area contributed by atoms with Crippen molar-refractivity contribution in [3.8, 4) is 10.6 Å². The van der Waals surface area contributed by atoms with Crippen molar-refractivity contribution in [1.82, 2.24) is 0 Å². The van der Waals surface area contributed by atoms with Crippen LogP contribution in [0.3, 0.4) is 0 Å². The van der Waals surface area contributed by atoms with Gasteiger partial charge in [-0.25, -0.2) is 0 Å². The van der Waals surface area contributed by atoms with Gasteiger partial charge in [-0.15, -0.1) is 0 Å². The van der Waals surface area contributed by atoms with Crippen LogP contribution in [-0.4, -0.2) is 22.6 Å². The van der Waals surface area contributed by atoms with Crippen LogP contribution in [0.25, 0.3) is 25.1 Å². The summed E-state index contributed by atoms with van der Waals surface area (Å²) in [7, 11) is -0.102. The van der Waals surface area contributed by atoms with E-state index in [2.05, 4.69) is 60.7 Å². The van der Waals surface area contributed by atoms with Crippen molar-refractivity contribution in [2.75, 3.05) is 6.61 Å². The molecule has 3 aromatic carbocycles. The largest absolute Gasteiger partial charge is 0.487 e. The Morgan fingerprint density at radius 2 is 1.45 bits per heavy atom. The molecule has 0 saturated heterocycles. The lowest BCUT2D eigenvalue weighted by Gasteiger charge is -2.15. The van der Waals surface area contributed by atoms with E-state index in [0.717, 1.165) is 5.75 Å². The number of esters is 1. The molecule has 0 bridgehead atoms. The zero-order chi connectivity index (χ0) is 20.4. The number of carbonyl (C=O) groups is 1. The third-order valence-electron chi connectivity index (χ3n) is 4.69. The van der Waals surface area contributed by atoms with Gasteiger partial charge in [0, 0.05) is 33.4 Å². The Labute approximate surface area is 186 Å². The molecule has 0 amide bonds. The molecule has 4 aromatic rings. The van der Waals surface area contributed by atoms with E-state index in [-0.39, 0.29) is 33.1 Å². The number of hydrogen-bond donors (Lipinski definition) is 0. The number of halogens is 1. The van der Waals surface area contributed by atoms with Gasteiger partial charge in [-0.05, 0) is 50.2 Å². The number of benzene rings is 3. The summed E-state index contributed by atoms with van der Waals surface area (Å²) < 4.78 is 13.8. The maximum atomic E-state index is 11.6. The summed E-state index contributed by atoms with van der Waals surface area (Å²) in [5.74, 6) is 0.570. The lowest BCUT2D eigenvalue weighted by molar-refractivity contribution is -0.144. The molecule has 0 aliphatic carbocycles. The maximum absolute atomic E-state index is 11.6. The van der Waals surface area contributed by atoms with Crippen LogP contribution in [0.2, 0.25) is 0 Å². The summed E-state index contributed by atoms with van der Waals surface area (Å²) in [4.78, 5) is 12.9. The minimum atomic E-state index is -0.212. The van der Waals surface area contributed by atoms with Crippen molar-refractivity contribution in [3.63, 3.8) is 0 Å². The smallest absolute Gasteiger partial charge is 0.318 e. The Kier molecular flexibility index (Phi) is 6.06. The van der Waals surface area contributed by atoms with Gasteiger partial charge in [0.2, 0.25) is 0 Å². The molecular formula is C24H22IO3S+. The Balaban J connectivity index is 1.58. The average Bonchev–Trinajstić information content (AvgIpc) is 3.07. The highest BCUT2D eigenvalue weighted by atomic mass is 127. The van der Waals surface area contributed by atoms with E-state index in [1.807, 2.05) is 48.6 Å². The van der Waals surface area contributed by atoms with Crippen LogP contribution in [0, 0.1) is 0 Å². The molecule has 148 valence electrons. The monoisotopic (exact) mass is 517 g/mol. The first-order chi connectivity index (χ1) is 14.0. The fraction of sp³-hybridized carbons (Fsp3) is 0.208. The second-order valence-electron chi connectivity index (χ2n) is 6.94. The minimum absolute atomic E-state index is 0.102. The molecule has 0 aliphatic heterocycles. The molecule has 4 rings (SSSR count). The third kappa shape index (κ3) is 4.26. The Hall–Kier alpha value is -2.12. The summed E-state index contributed by atoms with van der Waals surface area (Å²) in [6.45, 7) is 3.97. The lowest BCUT2D eigenvalue weighted by atomic mass is 10.2. The van der Waals surface area contributed by atoms with E-state index in [1.165, 1.54) is 25.1 Å².